The van der Waals surface area contributed by atoms with Crippen molar-refractivity contribution in [3.05, 3.63) is 0 Å². The van der Waals surface area contributed by atoms with E-state index >= 15 is 0 Å². The van der Waals surface area contributed by atoms with Gasteiger partial charge in [0.2, 0.25) is 0 Å². The summed E-state index contributed by atoms with van der Waals surface area (Å²) >= 11 is 0. The minimum absolute atomic E-state index is 0.0262. The quantitative estimate of drug-likeness (QED) is 0.297. The Labute approximate surface area is 143 Å². The summed E-state index contributed by atoms with van der Waals surface area (Å²) in [7, 11) is 1.37. The smallest absolute Gasteiger partial charge is 0.329 e. The molecule has 138 valence electrons. The lowest BCUT2D eigenvalue weighted by atomic mass is 10.3. The molecule has 1 aliphatic heterocycles. The highest BCUT2D eigenvalue weighted by Gasteiger charge is 2.33. The van der Waals surface area contributed by atoms with Crippen LogP contribution in [0, 0.1) is 0 Å². The normalized spacial score (nSPS) is 13.8. The molecule has 0 bridgehead atoms. The number of imide groups is 2. The van der Waals surface area contributed by atoms with E-state index in [4.69, 9.17) is 0 Å². The van der Waals surface area contributed by atoms with Gasteiger partial charge in [0.15, 0.2) is 0 Å². The molecule has 0 aromatic rings. The Balaban J connectivity index is 2.43. The summed E-state index contributed by atoms with van der Waals surface area (Å²) in [4.78, 5) is 78.6. The zero-order chi connectivity index (χ0) is 19.0. The second-order valence-electron chi connectivity index (χ2n) is 5.26. The van der Waals surface area contributed by atoms with Crippen LogP contribution in [0.5, 0.6) is 0 Å². The molecule has 0 unspecified atom stereocenters. The topological polar surface area (TPSA) is 131 Å². The van der Waals surface area contributed by atoms with Crippen molar-refractivity contribution in [3.8, 4) is 0 Å². The van der Waals surface area contributed by atoms with Crippen LogP contribution in [0.2, 0.25) is 0 Å². The largest absolute Gasteiger partial charge is 0.347 e. The van der Waals surface area contributed by atoms with Gasteiger partial charge in [-0.2, -0.15) is 0 Å². The van der Waals surface area contributed by atoms with E-state index in [1.54, 1.807) is 6.92 Å². The van der Waals surface area contributed by atoms with E-state index in [-0.39, 0.29) is 25.7 Å². The maximum absolute atomic E-state index is 11.7. The third-order valence-electron chi connectivity index (χ3n) is 3.00. The van der Waals surface area contributed by atoms with Gasteiger partial charge in [-0.25, -0.2) is 9.59 Å². The van der Waals surface area contributed by atoms with Crippen molar-refractivity contribution in [3.63, 3.8) is 0 Å². The third-order valence-corrected chi connectivity index (χ3v) is 3.00. The Morgan fingerprint density at radius 3 is 2.20 bits per heavy atom. The van der Waals surface area contributed by atoms with Gasteiger partial charge in [0.1, 0.15) is 0 Å². The first-order valence-corrected chi connectivity index (χ1v) is 7.51. The van der Waals surface area contributed by atoms with Gasteiger partial charge in [-0.3, -0.25) is 24.1 Å². The fraction of sp³-hybridized carbons (Fsp3) is 0.571. The number of carbonyl (C=O) groups excluding carboxylic acids is 6. The highest BCUT2D eigenvalue weighted by Crippen LogP contribution is 2.12. The van der Waals surface area contributed by atoms with Crippen molar-refractivity contribution >= 4 is 36.1 Å². The predicted molar refractivity (Wildman–Crippen MR) is 78.6 cm³/mol. The Morgan fingerprint density at radius 1 is 1.12 bits per heavy atom. The second kappa shape index (κ2) is 9.47. The summed E-state index contributed by atoms with van der Waals surface area (Å²) < 4.78 is 0. The fourth-order valence-corrected chi connectivity index (χ4v) is 1.88. The zero-order valence-electron chi connectivity index (χ0n) is 13.9. The van der Waals surface area contributed by atoms with Crippen molar-refractivity contribution in [2.45, 2.75) is 32.6 Å². The van der Waals surface area contributed by atoms with Crippen molar-refractivity contribution in [1.29, 1.82) is 0 Å². The molecule has 0 spiro atoms. The highest BCUT2D eigenvalue weighted by molar-refractivity contribution is 6.01. The van der Waals surface area contributed by atoms with E-state index < -0.39 is 42.7 Å². The number of likely N-dealkylation sites (N-methyl/N-ethyl adjacent to an activating group) is 1. The lowest BCUT2D eigenvalue weighted by Gasteiger charge is -2.19. The second-order valence-corrected chi connectivity index (χ2v) is 5.26. The van der Waals surface area contributed by atoms with Crippen LogP contribution in [0.25, 0.3) is 0 Å². The Kier molecular flexibility index (Phi) is 7.66. The van der Waals surface area contributed by atoms with Crippen molar-refractivity contribution in [2.75, 3.05) is 20.1 Å². The molecule has 1 heterocycles. The first-order valence-electron chi connectivity index (χ1n) is 7.51. The molecule has 0 aliphatic carbocycles. The number of carbonyl (C=O) groups is 6. The summed E-state index contributed by atoms with van der Waals surface area (Å²) in [5, 5.41) is 0.686. The zero-order valence-corrected chi connectivity index (χ0v) is 13.9. The average molecular weight is 357 g/mol. The van der Waals surface area contributed by atoms with Crippen LogP contribution < -0.4 is 0 Å². The molecule has 25 heavy (non-hydrogen) atoms. The molecule has 0 radical (unpaired) electrons. The number of hydrogen-bond acceptors (Lipinski definition) is 9. The first-order chi connectivity index (χ1) is 11.8. The summed E-state index contributed by atoms with van der Waals surface area (Å²) in [6.07, 6.45) is 0.532. The van der Waals surface area contributed by atoms with Crippen molar-refractivity contribution < 1.29 is 38.4 Å². The molecular formula is C14H19N3O8. The van der Waals surface area contributed by atoms with E-state index in [2.05, 4.69) is 9.68 Å². The molecular weight excluding hydrogens is 338 g/mol. The number of rotatable bonds is 8. The minimum atomic E-state index is -0.944. The van der Waals surface area contributed by atoms with Gasteiger partial charge >= 0.3 is 11.9 Å². The summed E-state index contributed by atoms with van der Waals surface area (Å²) in [6.45, 7) is 0.870. The molecule has 11 nitrogen and oxygen atoms in total. The Bertz CT molecular complexity index is 560. The Morgan fingerprint density at radius 2 is 1.68 bits per heavy atom. The van der Waals surface area contributed by atoms with Gasteiger partial charge in [-0.05, 0) is 13.5 Å². The van der Waals surface area contributed by atoms with Crippen LogP contribution in [-0.2, 0) is 38.4 Å². The van der Waals surface area contributed by atoms with Crippen LogP contribution in [0.3, 0.4) is 0 Å². The standard InChI is InChI=1S/C14H19N3O8/c1-3-4-10(19)16(9-18)24-13(22)7-15(2)8-14(23)25-17-11(20)5-6-12(17)21/h9H,3-8H2,1-2H3. The van der Waals surface area contributed by atoms with Crippen LogP contribution in [0.15, 0.2) is 0 Å². The summed E-state index contributed by atoms with van der Waals surface area (Å²) in [5.74, 6) is -3.76. The molecule has 4 amide bonds. The lowest BCUT2D eigenvalue weighted by molar-refractivity contribution is -0.200. The highest BCUT2D eigenvalue weighted by atomic mass is 16.7. The predicted octanol–water partition coefficient (Wildman–Crippen LogP) is -1.23. The maximum atomic E-state index is 11.7. The van der Waals surface area contributed by atoms with Crippen molar-refractivity contribution in [2.24, 2.45) is 0 Å². The van der Waals surface area contributed by atoms with Crippen LogP contribution >= 0.6 is 0 Å². The average Bonchev–Trinajstić information content (AvgIpc) is 2.84. The fourth-order valence-electron chi connectivity index (χ4n) is 1.88. The van der Waals surface area contributed by atoms with Gasteiger partial charge in [0.05, 0.1) is 13.1 Å². The third kappa shape index (κ3) is 6.30. The van der Waals surface area contributed by atoms with Crippen molar-refractivity contribution in [1.82, 2.24) is 15.0 Å². The number of nitrogens with zero attached hydrogens (tertiary/aromatic N) is 3. The molecule has 0 saturated carbocycles. The molecule has 1 rings (SSSR count). The SMILES string of the molecule is CCCC(=O)N(C=O)OC(=O)CN(C)CC(=O)ON1C(=O)CCC1=O. The van der Waals surface area contributed by atoms with Gasteiger partial charge < -0.3 is 9.68 Å². The van der Waals surface area contributed by atoms with E-state index in [0.717, 1.165) is 0 Å². The van der Waals surface area contributed by atoms with Crippen LogP contribution in [0.4, 0.5) is 0 Å². The van der Waals surface area contributed by atoms with E-state index in [1.807, 2.05) is 0 Å². The molecule has 0 atom stereocenters. The molecule has 0 aromatic carbocycles. The first kappa shape index (κ1) is 20.2. The van der Waals surface area contributed by atoms with E-state index in [1.165, 1.54) is 11.9 Å². The van der Waals surface area contributed by atoms with Crippen LogP contribution in [0.1, 0.15) is 32.6 Å². The molecule has 11 heteroatoms. The summed E-state index contributed by atoms with van der Waals surface area (Å²) in [5.41, 5.74) is 0. The van der Waals surface area contributed by atoms with Gasteiger partial charge in [0, 0.05) is 19.3 Å². The monoisotopic (exact) mass is 357 g/mol. The lowest BCUT2D eigenvalue weighted by Crippen LogP contribution is -2.40. The molecule has 1 aliphatic rings. The van der Waals surface area contributed by atoms with Crippen LogP contribution in [-0.4, -0.2) is 71.2 Å². The molecule has 0 aromatic heterocycles. The maximum Gasteiger partial charge on any atom is 0.347 e. The molecule has 0 N–H and O–H groups in total. The summed E-state index contributed by atoms with van der Waals surface area (Å²) in [6, 6.07) is 0. The van der Waals surface area contributed by atoms with Gasteiger partial charge in [-0.15, -0.1) is 10.1 Å². The number of hydrogen-bond donors (Lipinski definition) is 0. The Hall–Kier alpha value is -2.82. The number of hydroxylamine groups is 4. The van der Waals surface area contributed by atoms with E-state index in [0.29, 0.717) is 16.5 Å². The van der Waals surface area contributed by atoms with Gasteiger partial charge in [0.25, 0.3) is 24.1 Å². The minimum Gasteiger partial charge on any atom is -0.329 e. The molecule has 1 saturated heterocycles. The number of amides is 4. The van der Waals surface area contributed by atoms with Gasteiger partial charge in [-0.1, -0.05) is 6.92 Å². The van der Waals surface area contributed by atoms with E-state index in [9.17, 15) is 28.8 Å². The molecule has 1 fully saturated rings.